The molecule has 3 heteroatoms. The summed E-state index contributed by atoms with van der Waals surface area (Å²) < 4.78 is 28.2. The van der Waals surface area contributed by atoms with Gasteiger partial charge in [0, 0.05) is 0 Å². The number of halogens is 2. The molecule has 1 nitrogen and oxygen atoms in total. The molecule has 0 aliphatic heterocycles. The van der Waals surface area contributed by atoms with Crippen molar-refractivity contribution in [3.05, 3.63) is 0 Å². The number of alkyl halides is 2. The summed E-state index contributed by atoms with van der Waals surface area (Å²) in [4.78, 5) is 10.9. The van der Waals surface area contributed by atoms with Gasteiger partial charge in [0.25, 0.3) is 0 Å². The molecule has 0 radical (unpaired) electrons. The molecule has 144 valence electrons. The van der Waals surface area contributed by atoms with Crippen LogP contribution in [-0.4, -0.2) is 18.6 Å². The monoisotopic (exact) mass is 354 g/mol. The Labute approximate surface area is 152 Å². The molecule has 0 spiro atoms. The second-order valence-corrected chi connectivity index (χ2v) is 9.22. The second kappa shape index (κ2) is 8.95. The molecule has 0 saturated heterocycles. The summed E-state index contributed by atoms with van der Waals surface area (Å²) in [6.07, 6.45) is 12.0. The van der Waals surface area contributed by atoms with Crippen molar-refractivity contribution in [2.75, 3.05) is 0 Å². The number of hydrogen-bond donors (Lipinski definition) is 0. The fraction of sp³-hybridized carbons (Fsp3) is 0.955. The van der Waals surface area contributed by atoms with E-state index in [0.717, 1.165) is 30.6 Å². The standard InChI is InChI=1S/C22H36F2O/c1-2-3-15-4-6-16(7-5-15)17-8-10-18(11-9-17)19-12-21(23)20(14-25)22(24)13-19/h14-22H,2-13H2,1H3. The van der Waals surface area contributed by atoms with Crippen molar-refractivity contribution in [2.24, 2.45) is 35.5 Å². The van der Waals surface area contributed by atoms with Crippen LogP contribution in [0.25, 0.3) is 0 Å². The Kier molecular flexibility index (Phi) is 6.91. The van der Waals surface area contributed by atoms with E-state index in [-0.39, 0.29) is 5.92 Å². The van der Waals surface area contributed by atoms with Crippen LogP contribution in [0.2, 0.25) is 0 Å². The number of carbonyl (C=O) groups is 1. The highest BCUT2D eigenvalue weighted by atomic mass is 19.1. The van der Waals surface area contributed by atoms with Crippen molar-refractivity contribution in [3.63, 3.8) is 0 Å². The summed E-state index contributed by atoms with van der Waals surface area (Å²) in [5.74, 6) is 2.36. The van der Waals surface area contributed by atoms with Crippen LogP contribution in [0.15, 0.2) is 0 Å². The maximum absolute atomic E-state index is 14.1. The zero-order valence-electron chi connectivity index (χ0n) is 15.8. The van der Waals surface area contributed by atoms with E-state index in [0.29, 0.717) is 25.0 Å². The molecule has 3 fully saturated rings. The summed E-state index contributed by atoms with van der Waals surface area (Å²) >= 11 is 0. The maximum Gasteiger partial charge on any atom is 0.128 e. The lowest BCUT2D eigenvalue weighted by atomic mass is 9.64. The highest BCUT2D eigenvalue weighted by Crippen LogP contribution is 2.46. The summed E-state index contributed by atoms with van der Waals surface area (Å²) in [6, 6.07) is 0. The average molecular weight is 355 g/mol. The van der Waals surface area contributed by atoms with Crippen LogP contribution < -0.4 is 0 Å². The molecule has 3 rings (SSSR count). The van der Waals surface area contributed by atoms with E-state index in [2.05, 4.69) is 6.92 Å². The molecule has 3 aliphatic carbocycles. The molecule has 2 unspecified atom stereocenters. The molecule has 0 bridgehead atoms. The zero-order chi connectivity index (χ0) is 17.8. The molecule has 0 aromatic heterocycles. The van der Waals surface area contributed by atoms with Gasteiger partial charge in [-0.25, -0.2) is 8.78 Å². The summed E-state index contributed by atoms with van der Waals surface area (Å²) in [5.41, 5.74) is 0. The first-order chi connectivity index (χ1) is 12.1. The van der Waals surface area contributed by atoms with Crippen molar-refractivity contribution < 1.29 is 13.6 Å². The summed E-state index contributed by atoms with van der Waals surface area (Å²) in [7, 11) is 0. The first-order valence-corrected chi connectivity index (χ1v) is 10.9. The highest BCUT2D eigenvalue weighted by Gasteiger charge is 2.42. The third kappa shape index (κ3) is 4.63. The third-order valence-electron chi connectivity index (χ3n) is 7.79. The van der Waals surface area contributed by atoms with Crippen LogP contribution in [0.4, 0.5) is 8.78 Å². The number of hydrogen-bond acceptors (Lipinski definition) is 1. The maximum atomic E-state index is 14.1. The Hall–Kier alpha value is -0.470. The van der Waals surface area contributed by atoms with E-state index in [1.165, 1.54) is 51.4 Å². The predicted molar refractivity (Wildman–Crippen MR) is 97.9 cm³/mol. The van der Waals surface area contributed by atoms with Crippen molar-refractivity contribution in [1.29, 1.82) is 0 Å². The van der Waals surface area contributed by atoms with Crippen LogP contribution in [0.1, 0.15) is 84.0 Å². The number of carbonyl (C=O) groups excluding carboxylic acids is 1. The van der Waals surface area contributed by atoms with Crippen LogP contribution in [0.3, 0.4) is 0 Å². The highest BCUT2D eigenvalue weighted by molar-refractivity contribution is 5.55. The molecule has 0 aromatic rings. The molecule has 3 saturated carbocycles. The Morgan fingerprint density at radius 3 is 1.64 bits per heavy atom. The van der Waals surface area contributed by atoms with Gasteiger partial charge in [-0.05, 0) is 81.0 Å². The molecule has 3 aliphatic rings. The SMILES string of the molecule is CCCC1CCC(C2CCC(C3CC(F)C(C=O)C(F)C3)CC2)CC1. The largest absolute Gasteiger partial charge is 0.303 e. The van der Waals surface area contributed by atoms with Gasteiger partial charge in [-0.2, -0.15) is 0 Å². The van der Waals surface area contributed by atoms with Gasteiger partial charge in [-0.15, -0.1) is 0 Å². The summed E-state index contributed by atoms with van der Waals surface area (Å²) in [6.45, 7) is 2.29. The van der Waals surface area contributed by atoms with E-state index >= 15 is 0 Å². The van der Waals surface area contributed by atoms with Crippen molar-refractivity contribution in [1.82, 2.24) is 0 Å². The average Bonchev–Trinajstić information content (AvgIpc) is 2.62. The van der Waals surface area contributed by atoms with Gasteiger partial charge in [0.2, 0.25) is 0 Å². The van der Waals surface area contributed by atoms with Crippen LogP contribution in [0, 0.1) is 35.5 Å². The second-order valence-electron chi connectivity index (χ2n) is 9.22. The fourth-order valence-corrected chi connectivity index (χ4v) is 6.22. The minimum absolute atomic E-state index is 0.155. The van der Waals surface area contributed by atoms with Crippen molar-refractivity contribution >= 4 is 6.29 Å². The molecule has 25 heavy (non-hydrogen) atoms. The van der Waals surface area contributed by atoms with Crippen LogP contribution in [-0.2, 0) is 4.79 Å². The lowest BCUT2D eigenvalue weighted by Crippen LogP contribution is -2.40. The molecule has 0 N–H and O–H groups in total. The molecule has 0 amide bonds. The van der Waals surface area contributed by atoms with E-state index in [9.17, 15) is 13.6 Å². The minimum atomic E-state index is -1.27. The molecular formula is C22H36F2O. The Morgan fingerprint density at radius 2 is 1.20 bits per heavy atom. The van der Waals surface area contributed by atoms with Gasteiger partial charge in [-0.1, -0.05) is 32.6 Å². The van der Waals surface area contributed by atoms with Crippen molar-refractivity contribution in [3.8, 4) is 0 Å². The number of aldehydes is 1. The molecule has 0 aromatic carbocycles. The minimum Gasteiger partial charge on any atom is -0.303 e. The van der Waals surface area contributed by atoms with Crippen LogP contribution >= 0.6 is 0 Å². The normalized spacial score (nSPS) is 45.9. The first-order valence-electron chi connectivity index (χ1n) is 10.9. The van der Waals surface area contributed by atoms with E-state index in [4.69, 9.17) is 0 Å². The zero-order valence-corrected chi connectivity index (χ0v) is 15.8. The summed E-state index contributed by atoms with van der Waals surface area (Å²) in [5, 5.41) is 0. The molecule has 0 heterocycles. The first kappa shape index (κ1) is 19.3. The van der Waals surface area contributed by atoms with Gasteiger partial charge in [-0.3, -0.25) is 0 Å². The van der Waals surface area contributed by atoms with Gasteiger partial charge in [0.1, 0.15) is 18.6 Å². The number of rotatable bonds is 5. The van der Waals surface area contributed by atoms with E-state index < -0.39 is 18.3 Å². The van der Waals surface area contributed by atoms with Gasteiger partial charge >= 0.3 is 0 Å². The van der Waals surface area contributed by atoms with Crippen molar-refractivity contribution in [2.45, 2.75) is 96.3 Å². The van der Waals surface area contributed by atoms with Crippen LogP contribution in [0.5, 0.6) is 0 Å². The van der Waals surface area contributed by atoms with Gasteiger partial charge < -0.3 is 4.79 Å². The quantitative estimate of drug-likeness (QED) is 0.529. The molecule has 2 atom stereocenters. The van der Waals surface area contributed by atoms with E-state index in [1.807, 2.05) is 0 Å². The lowest BCUT2D eigenvalue weighted by Gasteiger charge is -2.42. The smallest absolute Gasteiger partial charge is 0.128 e. The Balaban J connectivity index is 1.44. The van der Waals surface area contributed by atoms with E-state index in [1.54, 1.807) is 0 Å². The predicted octanol–water partition coefficient (Wildman–Crippen LogP) is 6.30. The Bertz CT molecular complexity index is 398. The van der Waals surface area contributed by atoms with Gasteiger partial charge in [0.15, 0.2) is 0 Å². The third-order valence-corrected chi connectivity index (χ3v) is 7.79. The fourth-order valence-electron chi connectivity index (χ4n) is 6.22. The Morgan fingerprint density at radius 1 is 0.760 bits per heavy atom. The topological polar surface area (TPSA) is 17.1 Å². The van der Waals surface area contributed by atoms with Gasteiger partial charge in [0.05, 0.1) is 5.92 Å². The molecular weight excluding hydrogens is 318 g/mol. The lowest BCUT2D eigenvalue weighted by molar-refractivity contribution is -0.118.